The molecule has 1 aromatic heterocycles. The van der Waals surface area contributed by atoms with Crippen LogP contribution in [0.15, 0.2) is 0 Å². The monoisotopic (exact) mass is 287 g/mol. The van der Waals surface area contributed by atoms with Crippen molar-refractivity contribution in [3.05, 3.63) is 5.82 Å². The summed E-state index contributed by atoms with van der Waals surface area (Å²) in [5.74, 6) is 4.69. The van der Waals surface area contributed by atoms with Gasteiger partial charge in [-0.2, -0.15) is 23.5 Å². The van der Waals surface area contributed by atoms with E-state index in [1.807, 2.05) is 28.2 Å². The third kappa shape index (κ3) is 3.86. The number of tetrazole rings is 1. The fraction of sp³-hybridized carbons (Fsp3) is 0.909. The van der Waals surface area contributed by atoms with Crippen LogP contribution in [0.3, 0.4) is 0 Å². The van der Waals surface area contributed by atoms with Crippen molar-refractivity contribution in [2.75, 3.05) is 23.8 Å². The standard InChI is InChI=1S/C11H21N5S2/c1-3-4-12-9(2)11-13-14-15-16(11)7-10-8-17-5-6-18-10/h9-10,12H,3-8H2,1-2H3. The molecule has 1 saturated heterocycles. The van der Waals surface area contributed by atoms with Crippen LogP contribution in [0.5, 0.6) is 0 Å². The second-order valence-electron chi connectivity index (χ2n) is 4.46. The number of rotatable bonds is 6. The average molecular weight is 287 g/mol. The molecule has 0 spiro atoms. The smallest absolute Gasteiger partial charge is 0.167 e. The SMILES string of the molecule is CCCNC(C)c1nnnn1CC1CSCCS1. The van der Waals surface area contributed by atoms with Crippen molar-refractivity contribution in [3.63, 3.8) is 0 Å². The van der Waals surface area contributed by atoms with Crippen LogP contribution in [0.4, 0.5) is 0 Å². The zero-order valence-corrected chi connectivity index (χ0v) is 12.6. The second-order valence-corrected chi connectivity index (χ2v) is 7.02. The molecule has 1 fully saturated rings. The first kappa shape index (κ1) is 14.1. The van der Waals surface area contributed by atoms with Crippen molar-refractivity contribution < 1.29 is 0 Å². The molecule has 2 unspecified atom stereocenters. The fourth-order valence-electron chi connectivity index (χ4n) is 1.94. The van der Waals surface area contributed by atoms with E-state index in [0.717, 1.165) is 25.3 Å². The summed E-state index contributed by atoms with van der Waals surface area (Å²) < 4.78 is 1.97. The highest BCUT2D eigenvalue weighted by molar-refractivity contribution is 8.06. The molecule has 2 rings (SSSR count). The number of nitrogens with zero attached hydrogens (tertiary/aromatic N) is 4. The van der Waals surface area contributed by atoms with Crippen molar-refractivity contribution in [2.45, 2.75) is 38.1 Å². The van der Waals surface area contributed by atoms with Gasteiger partial charge in [-0.15, -0.1) is 5.10 Å². The molecular weight excluding hydrogens is 266 g/mol. The van der Waals surface area contributed by atoms with Gasteiger partial charge >= 0.3 is 0 Å². The van der Waals surface area contributed by atoms with Gasteiger partial charge in [0, 0.05) is 22.5 Å². The summed E-state index contributed by atoms with van der Waals surface area (Å²) in [6.45, 7) is 6.22. The molecule has 0 aromatic carbocycles. The summed E-state index contributed by atoms with van der Waals surface area (Å²) in [4.78, 5) is 0. The van der Waals surface area contributed by atoms with E-state index in [9.17, 15) is 0 Å². The van der Waals surface area contributed by atoms with Crippen LogP contribution >= 0.6 is 23.5 Å². The summed E-state index contributed by atoms with van der Waals surface area (Å²) >= 11 is 4.08. The molecule has 0 saturated carbocycles. The van der Waals surface area contributed by atoms with Gasteiger partial charge in [0.2, 0.25) is 0 Å². The maximum atomic E-state index is 4.16. The molecule has 102 valence electrons. The molecule has 0 radical (unpaired) electrons. The van der Waals surface area contributed by atoms with Gasteiger partial charge in [-0.25, -0.2) is 4.68 Å². The van der Waals surface area contributed by atoms with E-state index in [1.54, 1.807) is 0 Å². The lowest BCUT2D eigenvalue weighted by Gasteiger charge is -2.21. The summed E-state index contributed by atoms with van der Waals surface area (Å²) in [6.07, 6.45) is 1.13. The van der Waals surface area contributed by atoms with Crippen molar-refractivity contribution >= 4 is 23.5 Å². The van der Waals surface area contributed by atoms with Gasteiger partial charge in [0.1, 0.15) is 0 Å². The number of hydrogen-bond acceptors (Lipinski definition) is 6. The highest BCUT2D eigenvalue weighted by atomic mass is 32.2. The van der Waals surface area contributed by atoms with Crippen LogP contribution in [0, 0.1) is 0 Å². The number of nitrogens with one attached hydrogen (secondary N) is 1. The Kier molecular flexibility index (Phi) is 5.78. The van der Waals surface area contributed by atoms with Crippen molar-refractivity contribution in [1.82, 2.24) is 25.5 Å². The van der Waals surface area contributed by atoms with Crippen molar-refractivity contribution in [2.24, 2.45) is 0 Å². The Morgan fingerprint density at radius 2 is 2.39 bits per heavy atom. The van der Waals surface area contributed by atoms with Gasteiger partial charge in [-0.1, -0.05) is 6.92 Å². The number of thioether (sulfide) groups is 2. The predicted octanol–water partition coefficient (Wildman–Crippen LogP) is 1.58. The molecule has 2 heterocycles. The lowest BCUT2D eigenvalue weighted by molar-refractivity contribution is 0.487. The topological polar surface area (TPSA) is 55.6 Å². The van der Waals surface area contributed by atoms with E-state index in [0.29, 0.717) is 5.25 Å². The third-order valence-corrected chi connectivity index (χ3v) is 5.74. The third-order valence-electron chi connectivity index (χ3n) is 2.91. The first-order valence-corrected chi connectivity index (χ1v) is 8.70. The summed E-state index contributed by atoms with van der Waals surface area (Å²) in [6, 6.07) is 0.223. The Hall–Kier alpha value is -0.270. The molecule has 1 aliphatic heterocycles. The van der Waals surface area contributed by atoms with Crippen LogP contribution in [0.2, 0.25) is 0 Å². The van der Waals surface area contributed by atoms with Crippen molar-refractivity contribution in [1.29, 1.82) is 0 Å². The summed E-state index contributed by atoms with van der Waals surface area (Å²) in [7, 11) is 0. The Morgan fingerprint density at radius 3 is 3.11 bits per heavy atom. The van der Waals surface area contributed by atoms with Gasteiger partial charge < -0.3 is 5.32 Å². The fourth-order valence-corrected chi connectivity index (χ4v) is 4.58. The minimum Gasteiger partial charge on any atom is -0.307 e. The predicted molar refractivity (Wildman–Crippen MR) is 78.1 cm³/mol. The van der Waals surface area contributed by atoms with Gasteiger partial charge in [0.05, 0.1) is 12.6 Å². The minimum atomic E-state index is 0.223. The zero-order valence-electron chi connectivity index (χ0n) is 11.0. The highest BCUT2D eigenvalue weighted by Gasteiger charge is 2.19. The van der Waals surface area contributed by atoms with Crippen LogP contribution in [0.1, 0.15) is 32.1 Å². The average Bonchev–Trinajstić information content (AvgIpc) is 2.85. The Bertz CT molecular complexity index is 351. The van der Waals surface area contributed by atoms with Crippen molar-refractivity contribution in [3.8, 4) is 0 Å². The van der Waals surface area contributed by atoms with Gasteiger partial charge in [-0.3, -0.25) is 0 Å². The largest absolute Gasteiger partial charge is 0.307 e. The van der Waals surface area contributed by atoms with Crippen LogP contribution in [-0.2, 0) is 6.54 Å². The highest BCUT2D eigenvalue weighted by Crippen LogP contribution is 2.25. The van der Waals surface area contributed by atoms with E-state index in [2.05, 4.69) is 34.7 Å². The maximum Gasteiger partial charge on any atom is 0.167 e. The molecule has 2 atom stereocenters. The zero-order chi connectivity index (χ0) is 12.8. The molecule has 1 aromatic rings. The Morgan fingerprint density at radius 1 is 1.50 bits per heavy atom. The molecule has 0 aliphatic carbocycles. The molecule has 7 heteroatoms. The molecule has 1 N–H and O–H groups in total. The summed E-state index contributed by atoms with van der Waals surface area (Å²) in [5, 5.41) is 16.2. The van der Waals surface area contributed by atoms with E-state index >= 15 is 0 Å². The van der Waals surface area contributed by atoms with E-state index in [4.69, 9.17) is 0 Å². The summed E-state index contributed by atoms with van der Waals surface area (Å²) in [5.41, 5.74) is 0. The number of hydrogen-bond donors (Lipinski definition) is 1. The van der Waals surface area contributed by atoms with Gasteiger partial charge in [-0.05, 0) is 30.3 Å². The first-order valence-electron chi connectivity index (χ1n) is 6.50. The first-order chi connectivity index (χ1) is 8.81. The van der Waals surface area contributed by atoms with Crippen LogP contribution in [-0.4, -0.2) is 49.3 Å². The molecule has 18 heavy (non-hydrogen) atoms. The molecule has 0 amide bonds. The normalized spacial score (nSPS) is 22.0. The number of aromatic nitrogens is 4. The molecule has 0 bridgehead atoms. The Balaban J connectivity index is 1.93. The van der Waals surface area contributed by atoms with Crippen LogP contribution in [0.25, 0.3) is 0 Å². The lowest BCUT2D eigenvalue weighted by atomic mass is 10.3. The lowest BCUT2D eigenvalue weighted by Crippen LogP contribution is -2.27. The molecular formula is C11H21N5S2. The molecule has 5 nitrogen and oxygen atoms in total. The van der Waals surface area contributed by atoms with Gasteiger partial charge in [0.25, 0.3) is 0 Å². The maximum absolute atomic E-state index is 4.16. The van der Waals surface area contributed by atoms with E-state index in [-0.39, 0.29) is 6.04 Å². The van der Waals surface area contributed by atoms with E-state index in [1.165, 1.54) is 17.3 Å². The van der Waals surface area contributed by atoms with Crippen LogP contribution < -0.4 is 5.32 Å². The molecule has 1 aliphatic rings. The van der Waals surface area contributed by atoms with E-state index < -0.39 is 0 Å². The quantitative estimate of drug-likeness (QED) is 0.857. The second kappa shape index (κ2) is 7.35. The van der Waals surface area contributed by atoms with Gasteiger partial charge in [0.15, 0.2) is 5.82 Å². The minimum absolute atomic E-state index is 0.223. The Labute approximate surface area is 117 Å².